The van der Waals surface area contributed by atoms with E-state index in [1.165, 1.54) is 0 Å². The second kappa shape index (κ2) is 5.04. The van der Waals surface area contributed by atoms with Gasteiger partial charge >= 0.3 is 0 Å². The van der Waals surface area contributed by atoms with Gasteiger partial charge in [0.1, 0.15) is 5.82 Å². The molecule has 0 atom stereocenters. The van der Waals surface area contributed by atoms with Crippen molar-refractivity contribution in [2.24, 2.45) is 7.05 Å². The number of carbonyl (C=O) groups is 1. The van der Waals surface area contributed by atoms with Gasteiger partial charge in [-0.05, 0) is 25.0 Å². The summed E-state index contributed by atoms with van der Waals surface area (Å²) >= 11 is 0. The van der Waals surface area contributed by atoms with E-state index >= 15 is 0 Å². The molecule has 0 saturated heterocycles. The average molecular weight is 243 g/mol. The van der Waals surface area contributed by atoms with Crippen LogP contribution >= 0.6 is 0 Å². The van der Waals surface area contributed by atoms with E-state index in [9.17, 15) is 4.79 Å². The molecular weight excluding hydrogens is 226 g/mol. The van der Waals surface area contributed by atoms with Crippen molar-refractivity contribution in [3.63, 3.8) is 0 Å². The van der Waals surface area contributed by atoms with E-state index in [0.717, 1.165) is 22.6 Å². The normalized spacial score (nSPS) is 10.4. The summed E-state index contributed by atoms with van der Waals surface area (Å²) < 4.78 is 1.85. The molecule has 4 heteroatoms. The van der Waals surface area contributed by atoms with Gasteiger partial charge in [-0.3, -0.25) is 4.79 Å². The van der Waals surface area contributed by atoms with Gasteiger partial charge in [0.25, 0.3) is 0 Å². The minimum Gasteiger partial charge on any atom is -0.338 e. The Kier molecular flexibility index (Phi) is 3.46. The SMILES string of the molecule is Cc1cccc(C)c1NC(=O)Cc1nccn1C. The van der Waals surface area contributed by atoms with Crippen molar-refractivity contribution in [2.45, 2.75) is 20.3 Å². The lowest BCUT2D eigenvalue weighted by Gasteiger charge is -2.11. The van der Waals surface area contributed by atoms with E-state index < -0.39 is 0 Å². The van der Waals surface area contributed by atoms with Crippen molar-refractivity contribution < 1.29 is 4.79 Å². The Hall–Kier alpha value is -2.10. The van der Waals surface area contributed by atoms with E-state index in [2.05, 4.69) is 10.3 Å². The van der Waals surface area contributed by atoms with Gasteiger partial charge in [0.2, 0.25) is 5.91 Å². The number of imidazole rings is 1. The van der Waals surface area contributed by atoms with Crippen LogP contribution in [-0.4, -0.2) is 15.5 Å². The molecule has 1 N–H and O–H groups in total. The Balaban J connectivity index is 2.10. The van der Waals surface area contributed by atoms with Gasteiger partial charge in [-0.1, -0.05) is 18.2 Å². The van der Waals surface area contributed by atoms with Crippen LogP contribution in [0.2, 0.25) is 0 Å². The fourth-order valence-electron chi connectivity index (χ4n) is 1.91. The lowest BCUT2D eigenvalue weighted by atomic mass is 10.1. The molecule has 2 rings (SSSR count). The van der Waals surface area contributed by atoms with E-state index in [1.807, 2.05) is 49.9 Å². The largest absolute Gasteiger partial charge is 0.338 e. The third kappa shape index (κ3) is 2.59. The summed E-state index contributed by atoms with van der Waals surface area (Å²) in [5.41, 5.74) is 3.04. The number of anilines is 1. The molecule has 2 aromatic rings. The maximum atomic E-state index is 12.0. The van der Waals surface area contributed by atoms with Crippen molar-refractivity contribution in [1.29, 1.82) is 0 Å². The van der Waals surface area contributed by atoms with E-state index in [1.54, 1.807) is 6.20 Å². The van der Waals surface area contributed by atoms with Gasteiger partial charge in [0, 0.05) is 25.1 Å². The van der Waals surface area contributed by atoms with Crippen molar-refractivity contribution in [3.8, 4) is 0 Å². The van der Waals surface area contributed by atoms with Crippen molar-refractivity contribution in [2.75, 3.05) is 5.32 Å². The molecular formula is C14H17N3O. The van der Waals surface area contributed by atoms with Crippen LogP contribution in [0.3, 0.4) is 0 Å². The lowest BCUT2D eigenvalue weighted by Crippen LogP contribution is -2.18. The van der Waals surface area contributed by atoms with Gasteiger partial charge in [-0.2, -0.15) is 0 Å². The zero-order chi connectivity index (χ0) is 13.1. The molecule has 18 heavy (non-hydrogen) atoms. The standard InChI is InChI=1S/C14H17N3O/c1-10-5-4-6-11(2)14(10)16-13(18)9-12-15-7-8-17(12)3/h4-8H,9H2,1-3H3,(H,16,18). The minimum absolute atomic E-state index is 0.0401. The predicted molar refractivity (Wildman–Crippen MR) is 71.5 cm³/mol. The zero-order valence-electron chi connectivity index (χ0n) is 10.9. The Labute approximate surface area is 107 Å². The van der Waals surface area contributed by atoms with E-state index in [4.69, 9.17) is 0 Å². The van der Waals surface area contributed by atoms with Crippen LogP contribution in [0.4, 0.5) is 5.69 Å². The quantitative estimate of drug-likeness (QED) is 0.898. The third-order valence-electron chi connectivity index (χ3n) is 2.99. The maximum Gasteiger partial charge on any atom is 0.231 e. The third-order valence-corrected chi connectivity index (χ3v) is 2.99. The second-order valence-corrected chi connectivity index (χ2v) is 4.45. The van der Waals surface area contributed by atoms with E-state index in [0.29, 0.717) is 0 Å². The molecule has 1 aromatic heterocycles. The lowest BCUT2D eigenvalue weighted by molar-refractivity contribution is -0.115. The number of nitrogens with one attached hydrogen (secondary N) is 1. The molecule has 4 nitrogen and oxygen atoms in total. The van der Waals surface area contributed by atoms with Crippen molar-refractivity contribution in [3.05, 3.63) is 47.5 Å². The van der Waals surface area contributed by atoms with Crippen LogP contribution in [0.15, 0.2) is 30.6 Å². The van der Waals surface area contributed by atoms with Gasteiger partial charge in [-0.15, -0.1) is 0 Å². The highest BCUT2D eigenvalue weighted by atomic mass is 16.1. The number of carbonyl (C=O) groups excluding carboxylic acids is 1. The summed E-state index contributed by atoms with van der Waals surface area (Å²) in [6.45, 7) is 3.98. The summed E-state index contributed by atoms with van der Waals surface area (Å²) in [5.74, 6) is 0.723. The highest BCUT2D eigenvalue weighted by molar-refractivity contribution is 5.93. The number of hydrogen-bond donors (Lipinski definition) is 1. The highest BCUT2D eigenvalue weighted by Gasteiger charge is 2.10. The number of rotatable bonds is 3. The average Bonchev–Trinajstić information content (AvgIpc) is 2.70. The summed E-state index contributed by atoms with van der Waals surface area (Å²) in [7, 11) is 1.88. The van der Waals surface area contributed by atoms with Crippen molar-refractivity contribution >= 4 is 11.6 Å². The predicted octanol–water partition coefficient (Wildman–Crippen LogP) is 2.22. The maximum absolute atomic E-state index is 12.0. The first-order valence-corrected chi connectivity index (χ1v) is 5.90. The fourth-order valence-corrected chi connectivity index (χ4v) is 1.91. The van der Waals surface area contributed by atoms with Gasteiger partial charge < -0.3 is 9.88 Å². The Morgan fingerprint density at radius 2 is 2.00 bits per heavy atom. The number of amides is 1. The molecule has 94 valence electrons. The molecule has 0 aliphatic rings. The van der Waals surface area contributed by atoms with E-state index in [-0.39, 0.29) is 12.3 Å². The number of para-hydroxylation sites is 1. The molecule has 0 saturated carbocycles. The summed E-state index contributed by atoms with van der Waals surface area (Å²) in [6.07, 6.45) is 3.82. The molecule has 0 spiro atoms. The Morgan fingerprint density at radius 3 is 2.56 bits per heavy atom. The number of nitrogens with zero attached hydrogens (tertiary/aromatic N) is 2. The molecule has 1 heterocycles. The molecule has 0 aliphatic carbocycles. The first kappa shape index (κ1) is 12.4. The summed E-state index contributed by atoms with van der Waals surface area (Å²) in [6, 6.07) is 5.96. The zero-order valence-corrected chi connectivity index (χ0v) is 10.9. The van der Waals surface area contributed by atoms with Crippen LogP contribution in [0.1, 0.15) is 17.0 Å². The number of aryl methyl sites for hydroxylation is 3. The van der Waals surface area contributed by atoms with Crippen LogP contribution < -0.4 is 5.32 Å². The fraction of sp³-hybridized carbons (Fsp3) is 0.286. The topological polar surface area (TPSA) is 46.9 Å². The van der Waals surface area contributed by atoms with Crippen LogP contribution in [0, 0.1) is 13.8 Å². The van der Waals surface area contributed by atoms with Gasteiger partial charge in [0.05, 0.1) is 6.42 Å². The molecule has 1 aromatic carbocycles. The molecule has 0 bridgehead atoms. The molecule has 0 radical (unpaired) electrons. The van der Waals surface area contributed by atoms with Gasteiger partial charge in [-0.25, -0.2) is 4.98 Å². The van der Waals surface area contributed by atoms with Crippen LogP contribution in [0.5, 0.6) is 0 Å². The molecule has 1 amide bonds. The monoisotopic (exact) mass is 243 g/mol. The van der Waals surface area contributed by atoms with Crippen LogP contribution in [0.25, 0.3) is 0 Å². The Morgan fingerprint density at radius 1 is 1.33 bits per heavy atom. The van der Waals surface area contributed by atoms with Crippen molar-refractivity contribution in [1.82, 2.24) is 9.55 Å². The second-order valence-electron chi connectivity index (χ2n) is 4.45. The van der Waals surface area contributed by atoms with Crippen LogP contribution in [-0.2, 0) is 18.3 Å². The smallest absolute Gasteiger partial charge is 0.231 e. The molecule has 0 fully saturated rings. The number of aromatic nitrogens is 2. The number of benzene rings is 1. The molecule has 0 unspecified atom stereocenters. The summed E-state index contributed by atoms with van der Waals surface area (Å²) in [4.78, 5) is 16.1. The minimum atomic E-state index is -0.0401. The highest BCUT2D eigenvalue weighted by Crippen LogP contribution is 2.19. The van der Waals surface area contributed by atoms with Gasteiger partial charge in [0.15, 0.2) is 0 Å². The Bertz CT molecular complexity index is 552. The number of hydrogen-bond acceptors (Lipinski definition) is 2. The summed E-state index contributed by atoms with van der Waals surface area (Å²) in [5, 5.41) is 2.95. The molecule has 0 aliphatic heterocycles. The first-order valence-electron chi connectivity index (χ1n) is 5.90. The first-order chi connectivity index (χ1) is 8.58.